The van der Waals surface area contributed by atoms with E-state index >= 15 is 0 Å². The number of carbonyl (C=O) groups is 1. The van der Waals surface area contributed by atoms with Crippen LogP contribution in [0.4, 0.5) is 5.82 Å². The molecule has 4 nitrogen and oxygen atoms in total. The number of anilines is 1. The molecular formula is C23H18ClN3O. The van der Waals surface area contributed by atoms with E-state index in [2.05, 4.69) is 10.4 Å². The Labute approximate surface area is 168 Å². The molecule has 0 saturated heterocycles. The first-order chi connectivity index (χ1) is 13.7. The molecule has 0 aliphatic carbocycles. The van der Waals surface area contributed by atoms with Crippen molar-refractivity contribution in [2.45, 2.75) is 6.54 Å². The van der Waals surface area contributed by atoms with E-state index in [4.69, 9.17) is 11.6 Å². The first-order valence-corrected chi connectivity index (χ1v) is 9.30. The summed E-state index contributed by atoms with van der Waals surface area (Å²) >= 11 is 6.19. The smallest absolute Gasteiger partial charge is 0.256 e. The van der Waals surface area contributed by atoms with Gasteiger partial charge < -0.3 is 5.32 Å². The van der Waals surface area contributed by atoms with Gasteiger partial charge in [-0.3, -0.25) is 9.48 Å². The molecule has 0 spiro atoms. The summed E-state index contributed by atoms with van der Waals surface area (Å²) in [7, 11) is 0. The highest BCUT2D eigenvalue weighted by Gasteiger charge is 2.09. The number of nitrogens with zero attached hydrogens (tertiary/aromatic N) is 2. The fraction of sp³-hybridized carbons (Fsp3) is 0.0435. The van der Waals surface area contributed by atoms with Gasteiger partial charge in [-0.2, -0.15) is 5.10 Å². The maximum atomic E-state index is 12.5. The van der Waals surface area contributed by atoms with Crippen molar-refractivity contribution in [1.29, 1.82) is 0 Å². The summed E-state index contributed by atoms with van der Waals surface area (Å²) in [6.45, 7) is 0.543. The standard InChI is InChI=1S/C23H18ClN3O/c24-21-9-5-4-8-20(21)16-27-15-14-22(26-27)25-23(28)19-12-10-18(11-13-19)17-6-2-1-3-7-17/h1-15H,16H2,(H,25,26,28). The molecule has 0 unspecified atom stereocenters. The van der Waals surface area contributed by atoms with E-state index in [0.717, 1.165) is 16.7 Å². The van der Waals surface area contributed by atoms with Gasteiger partial charge in [-0.25, -0.2) is 0 Å². The van der Waals surface area contributed by atoms with Crippen molar-refractivity contribution in [3.63, 3.8) is 0 Å². The molecule has 4 rings (SSSR count). The average Bonchev–Trinajstić information content (AvgIpc) is 3.17. The molecule has 5 heteroatoms. The summed E-state index contributed by atoms with van der Waals surface area (Å²) in [6.07, 6.45) is 1.82. The molecular weight excluding hydrogens is 370 g/mol. The summed E-state index contributed by atoms with van der Waals surface area (Å²) < 4.78 is 1.75. The fourth-order valence-electron chi connectivity index (χ4n) is 2.95. The Morgan fingerprint density at radius 3 is 2.29 bits per heavy atom. The number of carbonyl (C=O) groups excluding carboxylic acids is 1. The van der Waals surface area contributed by atoms with Gasteiger partial charge in [0.25, 0.3) is 5.91 Å². The minimum atomic E-state index is -0.192. The molecule has 1 amide bonds. The van der Waals surface area contributed by atoms with Crippen LogP contribution in [0, 0.1) is 0 Å². The Balaban J connectivity index is 1.43. The second-order valence-electron chi connectivity index (χ2n) is 6.39. The molecule has 138 valence electrons. The van der Waals surface area contributed by atoms with Crippen LogP contribution in [0.2, 0.25) is 5.02 Å². The van der Waals surface area contributed by atoms with Crippen LogP contribution in [-0.4, -0.2) is 15.7 Å². The summed E-state index contributed by atoms with van der Waals surface area (Å²) in [4.78, 5) is 12.5. The zero-order valence-electron chi connectivity index (χ0n) is 15.0. The van der Waals surface area contributed by atoms with Gasteiger partial charge >= 0.3 is 0 Å². The number of hydrogen-bond donors (Lipinski definition) is 1. The Hall–Kier alpha value is -3.37. The lowest BCUT2D eigenvalue weighted by atomic mass is 10.0. The molecule has 0 radical (unpaired) electrons. The zero-order chi connectivity index (χ0) is 19.3. The molecule has 3 aromatic carbocycles. The van der Waals surface area contributed by atoms with Gasteiger partial charge in [0, 0.05) is 22.8 Å². The molecule has 28 heavy (non-hydrogen) atoms. The molecule has 1 heterocycles. The van der Waals surface area contributed by atoms with Crippen LogP contribution in [0.5, 0.6) is 0 Å². The zero-order valence-corrected chi connectivity index (χ0v) is 15.8. The quantitative estimate of drug-likeness (QED) is 0.491. The van der Waals surface area contributed by atoms with E-state index in [-0.39, 0.29) is 5.91 Å². The second kappa shape index (κ2) is 8.11. The van der Waals surface area contributed by atoms with E-state index in [1.807, 2.05) is 85.1 Å². The predicted molar refractivity (Wildman–Crippen MR) is 113 cm³/mol. The van der Waals surface area contributed by atoms with Crippen molar-refractivity contribution in [1.82, 2.24) is 9.78 Å². The highest BCUT2D eigenvalue weighted by atomic mass is 35.5. The van der Waals surface area contributed by atoms with Crippen LogP contribution in [-0.2, 0) is 6.54 Å². The maximum absolute atomic E-state index is 12.5. The number of hydrogen-bond acceptors (Lipinski definition) is 2. The topological polar surface area (TPSA) is 46.9 Å². The molecule has 0 aliphatic heterocycles. The summed E-state index contributed by atoms with van der Waals surface area (Å²) in [5.41, 5.74) is 3.75. The maximum Gasteiger partial charge on any atom is 0.256 e. The average molecular weight is 388 g/mol. The van der Waals surface area contributed by atoms with Crippen LogP contribution in [0.1, 0.15) is 15.9 Å². The van der Waals surface area contributed by atoms with E-state index in [9.17, 15) is 4.79 Å². The van der Waals surface area contributed by atoms with Gasteiger partial charge in [-0.1, -0.05) is 72.3 Å². The molecule has 0 saturated carbocycles. The molecule has 0 atom stereocenters. The Bertz CT molecular complexity index is 1090. The van der Waals surface area contributed by atoms with Crippen molar-refractivity contribution in [3.8, 4) is 11.1 Å². The lowest BCUT2D eigenvalue weighted by molar-refractivity contribution is 0.102. The first-order valence-electron chi connectivity index (χ1n) is 8.93. The largest absolute Gasteiger partial charge is 0.305 e. The van der Waals surface area contributed by atoms with E-state index in [1.54, 1.807) is 10.7 Å². The number of aromatic nitrogens is 2. The fourth-order valence-corrected chi connectivity index (χ4v) is 3.15. The lowest BCUT2D eigenvalue weighted by Crippen LogP contribution is -2.12. The van der Waals surface area contributed by atoms with E-state index < -0.39 is 0 Å². The molecule has 0 fully saturated rings. The normalized spacial score (nSPS) is 10.6. The van der Waals surface area contributed by atoms with Crippen molar-refractivity contribution in [3.05, 3.63) is 107 Å². The van der Waals surface area contributed by atoms with Crippen LogP contribution in [0.3, 0.4) is 0 Å². The third kappa shape index (κ3) is 4.13. The summed E-state index contributed by atoms with van der Waals surface area (Å²) in [6, 6.07) is 27.0. The van der Waals surface area contributed by atoms with Gasteiger partial charge in [0.05, 0.1) is 6.54 Å². The van der Waals surface area contributed by atoms with Gasteiger partial charge in [0.2, 0.25) is 0 Å². The Morgan fingerprint density at radius 1 is 0.857 bits per heavy atom. The molecule has 1 N–H and O–H groups in total. The second-order valence-corrected chi connectivity index (χ2v) is 6.79. The third-order valence-corrected chi connectivity index (χ3v) is 4.80. The number of nitrogens with one attached hydrogen (secondary N) is 1. The number of rotatable bonds is 5. The summed E-state index contributed by atoms with van der Waals surface area (Å²) in [5, 5.41) is 7.93. The van der Waals surface area contributed by atoms with Crippen molar-refractivity contribution in [2.24, 2.45) is 0 Å². The van der Waals surface area contributed by atoms with Gasteiger partial charge in [0.15, 0.2) is 5.82 Å². The van der Waals surface area contributed by atoms with Gasteiger partial charge in [-0.05, 0) is 34.9 Å². The Morgan fingerprint density at radius 2 is 1.54 bits per heavy atom. The monoisotopic (exact) mass is 387 g/mol. The van der Waals surface area contributed by atoms with Crippen molar-refractivity contribution in [2.75, 3.05) is 5.32 Å². The van der Waals surface area contributed by atoms with Crippen LogP contribution in [0.15, 0.2) is 91.1 Å². The number of halogens is 1. The molecule has 0 bridgehead atoms. The highest BCUT2D eigenvalue weighted by Crippen LogP contribution is 2.20. The molecule has 0 aliphatic rings. The van der Waals surface area contributed by atoms with Gasteiger partial charge in [0.1, 0.15) is 0 Å². The number of benzene rings is 3. The van der Waals surface area contributed by atoms with Crippen LogP contribution in [0.25, 0.3) is 11.1 Å². The van der Waals surface area contributed by atoms with Crippen molar-refractivity contribution < 1.29 is 4.79 Å². The Kier molecular flexibility index (Phi) is 5.22. The highest BCUT2D eigenvalue weighted by molar-refractivity contribution is 6.31. The molecule has 1 aromatic heterocycles. The number of amides is 1. The van der Waals surface area contributed by atoms with Crippen molar-refractivity contribution >= 4 is 23.3 Å². The van der Waals surface area contributed by atoms with E-state index in [0.29, 0.717) is 22.9 Å². The SMILES string of the molecule is O=C(Nc1ccn(Cc2ccccc2Cl)n1)c1ccc(-c2ccccc2)cc1. The minimum Gasteiger partial charge on any atom is -0.305 e. The first kappa shape index (κ1) is 18.0. The molecule has 4 aromatic rings. The van der Waals surface area contributed by atoms with Gasteiger partial charge in [-0.15, -0.1) is 0 Å². The van der Waals surface area contributed by atoms with Crippen LogP contribution >= 0.6 is 11.6 Å². The summed E-state index contributed by atoms with van der Waals surface area (Å²) in [5.74, 6) is 0.312. The van der Waals surface area contributed by atoms with E-state index in [1.165, 1.54) is 0 Å². The third-order valence-electron chi connectivity index (χ3n) is 4.43. The lowest BCUT2D eigenvalue weighted by Gasteiger charge is -2.06. The minimum absolute atomic E-state index is 0.192. The van der Waals surface area contributed by atoms with Crippen LogP contribution < -0.4 is 5.32 Å². The predicted octanol–water partition coefficient (Wildman–Crippen LogP) is 5.50.